The van der Waals surface area contributed by atoms with Crippen molar-refractivity contribution >= 4 is 5.91 Å². The Morgan fingerprint density at radius 1 is 1.55 bits per heavy atom. The van der Waals surface area contributed by atoms with Gasteiger partial charge in [-0.15, -0.1) is 0 Å². The van der Waals surface area contributed by atoms with Gasteiger partial charge in [0.1, 0.15) is 0 Å². The fourth-order valence-electron chi connectivity index (χ4n) is 2.37. The quantitative estimate of drug-likeness (QED) is 0.889. The van der Waals surface area contributed by atoms with Gasteiger partial charge in [0.05, 0.1) is 12.6 Å². The van der Waals surface area contributed by atoms with E-state index in [2.05, 4.69) is 16.7 Å². The second-order valence-corrected chi connectivity index (χ2v) is 5.55. The Bertz CT molecular complexity index is 491. The van der Waals surface area contributed by atoms with Crippen LogP contribution in [0.4, 0.5) is 8.78 Å². The van der Waals surface area contributed by atoms with Crippen LogP contribution in [0.5, 0.6) is 0 Å². The van der Waals surface area contributed by atoms with Crippen molar-refractivity contribution in [1.29, 1.82) is 0 Å². The molecule has 0 spiro atoms. The van der Waals surface area contributed by atoms with Crippen molar-refractivity contribution < 1.29 is 13.6 Å². The molecule has 110 valence electrons. The number of rotatable bonds is 4. The van der Waals surface area contributed by atoms with Crippen LogP contribution in [-0.4, -0.2) is 31.0 Å². The fourth-order valence-corrected chi connectivity index (χ4v) is 2.37. The molecule has 2 N–H and O–H groups in total. The molecule has 0 bridgehead atoms. The Balaban J connectivity index is 1.84. The lowest BCUT2D eigenvalue weighted by atomic mass is 9.99. The summed E-state index contributed by atoms with van der Waals surface area (Å²) in [7, 11) is 0. The predicted molar refractivity (Wildman–Crippen MR) is 74.0 cm³/mol. The molecule has 1 aromatic rings. The third-order valence-corrected chi connectivity index (χ3v) is 3.62. The van der Waals surface area contributed by atoms with E-state index in [0.717, 1.165) is 11.1 Å². The minimum atomic E-state index is -2.77. The number of carbonyl (C=O) groups excluding carboxylic acids is 1. The lowest BCUT2D eigenvalue weighted by Crippen LogP contribution is -2.41. The maximum Gasteiger partial charge on any atom is 0.262 e. The number of alkyl halides is 2. The van der Waals surface area contributed by atoms with Gasteiger partial charge in [-0.1, -0.05) is 36.8 Å². The number of aryl methyl sites for hydroxylation is 1. The number of hydrogen-bond donors (Lipinski definition) is 2. The number of hydrogen-bond acceptors (Lipinski definition) is 2. The monoisotopic (exact) mass is 282 g/mol. The zero-order chi connectivity index (χ0) is 14.8. The van der Waals surface area contributed by atoms with Crippen molar-refractivity contribution in [1.82, 2.24) is 10.6 Å². The summed E-state index contributed by atoms with van der Waals surface area (Å²) in [6.45, 7) is 4.05. The summed E-state index contributed by atoms with van der Waals surface area (Å²) in [5.74, 6) is -2.97. The highest BCUT2D eigenvalue weighted by Crippen LogP contribution is 2.25. The van der Waals surface area contributed by atoms with Crippen molar-refractivity contribution in [2.24, 2.45) is 0 Å². The molecular weight excluding hydrogens is 262 g/mol. The van der Waals surface area contributed by atoms with E-state index in [-0.39, 0.29) is 11.8 Å². The maximum atomic E-state index is 13.0. The Hall–Kier alpha value is -1.49. The van der Waals surface area contributed by atoms with E-state index >= 15 is 0 Å². The first-order chi connectivity index (χ1) is 9.37. The predicted octanol–water partition coefficient (Wildman–Crippen LogP) is 2.21. The fraction of sp³-hybridized carbons (Fsp3) is 0.533. The number of nitrogens with one attached hydrogen (secondary N) is 2. The first-order valence-corrected chi connectivity index (χ1v) is 6.83. The first kappa shape index (κ1) is 14.9. The second kappa shape index (κ2) is 5.87. The largest absolute Gasteiger partial charge is 0.354 e. The normalized spacial score (nSPS) is 22.5. The molecule has 1 amide bonds. The standard InChI is InChI=1S/C15H20F2N2O/c1-10-4-3-5-12(6-10)11(2)8-18-14(20)13-7-15(16,17)9-19-13/h3-6,11,13,19H,7-9H2,1-2H3,(H,18,20). The Morgan fingerprint density at radius 3 is 2.90 bits per heavy atom. The molecule has 1 aromatic carbocycles. The third-order valence-electron chi connectivity index (χ3n) is 3.62. The molecule has 3 nitrogen and oxygen atoms in total. The number of benzene rings is 1. The number of halogens is 2. The van der Waals surface area contributed by atoms with Gasteiger partial charge in [0.25, 0.3) is 5.92 Å². The molecule has 1 aliphatic rings. The van der Waals surface area contributed by atoms with Gasteiger partial charge in [-0.25, -0.2) is 8.78 Å². The minimum Gasteiger partial charge on any atom is -0.354 e. The van der Waals surface area contributed by atoms with Gasteiger partial charge in [0.15, 0.2) is 0 Å². The molecular formula is C15H20F2N2O. The van der Waals surface area contributed by atoms with Crippen LogP contribution in [0.2, 0.25) is 0 Å². The van der Waals surface area contributed by atoms with Gasteiger partial charge in [-0.2, -0.15) is 0 Å². The van der Waals surface area contributed by atoms with Gasteiger partial charge in [0, 0.05) is 13.0 Å². The van der Waals surface area contributed by atoms with E-state index in [0.29, 0.717) is 6.54 Å². The van der Waals surface area contributed by atoms with Crippen LogP contribution in [-0.2, 0) is 4.79 Å². The highest BCUT2D eigenvalue weighted by Gasteiger charge is 2.42. The van der Waals surface area contributed by atoms with Gasteiger partial charge in [0.2, 0.25) is 5.91 Å². The summed E-state index contributed by atoms with van der Waals surface area (Å²) in [5, 5.41) is 5.30. The van der Waals surface area contributed by atoms with E-state index in [1.54, 1.807) is 0 Å². The molecule has 0 aliphatic carbocycles. The third kappa shape index (κ3) is 3.76. The average molecular weight is 282 g/mol. The molecule has 5 heteroatoms. The summed E-state index contributed by atoms with van der Waals surface area (Å²) in [6, 6.07) is 7.28. The molecule has 1 aliphatic heterocycles. The summed E-state index contributed by atoms with van der Waals surface area (Å²) in [5.41, 5.74) is 2.30. The molecule has 2 atom stereocenters. The molecule has 0 aromatic heterocycles. The molecule has 2 unspecified atom stereocenters. The van der Waals surface area contributed by atoms with Crippen LogP contribution in [0.1, 0.15) is 30.4 Å². The van der Waals surface area contributed by atoms with Crippen LogP contribution in [0, 0.1) is 6.92 Å². The number of amides is 1. The summed E-state index contributed by atoms with van der Waals surface area (Å²) >= 11 is 0. The maximum absolute atomic E-state index is 13.0. The van der Waals surface area contributed by atoms with Crippen molar-refractivity contribution in [3.63, 3.8) is 0 Å². The van der Waals surface area contributed by atoms with Crippen LogP contribution in [0.25, 0.3) is 0 Å². The van der Waals surface area contributed by atoms with Crippen LogP contribution < -0.4 is 10.6 Å². The van der Waals surface area contributed by atoms with Crippen LogP contribution in [0.3, 0.4) is 0 Å². The summed E-state index contributed by atoms with van der Waals surface area (Å²) in [4.78, 5) is 11.8. The van der Waals surface area contributed by atoms with E-state index < -0.39 is 24.9 Å². The van der Waals surface area contributed by atoms with Crippen LogP contribution >= 0.6 is 0 Å². The van der Waals surface area contributed by atoms with Crippen molar-refractivity contribution in [3.8, 4) is 0 Å². The van der Waals surface area contributed by atoms with Crippen LogP contribution in [0.15, 0.2) is 24.3 Å². The van der Waals surface area contributed by atoms with Crippen molar-refractivity contribution in [2.45, 2.75) is 38.2 Å². The topological polar surface area (TPSA) is 41.1 Å². The average Bonchev–Trinajstić information content (AvgIpc) is 2.76. The van der Waals surface area contributed by atoms with Gasteiger partial charge in [-0.05, 0) is 18.4 Å². The van der Waals surface area contributed by atoms with E-state index in [1.807, 2.05) is 32.0 Å². The molecule has 1 fully saturated rings. The summed E-state index contributed by atoms with van der Waals surface area (Å²) < 4.78 is 26.0. The molecule has 0 saturated carbocycles. The van der Waals surface area contributed by atoms with E-state index in [4.69, 9.17) is 0 Å². The molecule has 20 heavy (non-hydrogen) atoms. The smallest absolute Gasteiger partial charge is 0.262 e. The highest BCUT2D eigenvalue weighted by molar-refractivity contribution is 5.82. The zero-order valence-corrected chi connectivity index (χ0v) is 11.7. The van der Waals surface area contributed by atoms with Gasteiger partial charge < -0.3 is 5.32 Å². The Labute approximate surface area is 117 Å². The summed E-state index contributed by atoms with van der Waals surface area (Å²) in [6.07, 6.45) is -0.419. The lowest BCUT2D eigenvalue weighted by Gasteiger charge is -2.16. The zero-order valence-electron chi connectivity index (χ0n) is 11.7. The number of carbonyl (C=O) groups is 1. The SMILES string of the molecule is Cc1cccc(C(C)CNC(=O)C2CC(F)(F)CN2)c1. The molecule has 2 rings (SSSR count). The Morgan fingerprint density at radius 2 is 2.30 bits per heavy atom. The molecule has 0 radical (unpaired) electrons. The van der Waals surface area contributed by atoms with Gasteiger partial charge >= 0.3 is 0 Å². The van der Waals surface area contributed by atoms with E-state index in [1.165, 1.54) is 0 Å². The van der Waals surface area contributed by atoms with Crippen molar-refractivity contribution in [3.05, 3.63) is 35.4 Å². The molecule has 1 heterocycles. The highest BCUT2D eigenvalue weighted by atomic mass is 19.3. The minimum absolute atomic E-state index is 0.153. The second-order valence-electron chi connectivity index (χ2n) is 5.55. The lowest BCUT2D eigenvalue weighted by molar-refractivity contribution is -0.123. The molecule has 1 saturated heterocycles. The van der Waals surface area contributed by atoms with E-state index in [9.17, 15) is 13.6 Å². The van der Waals surface area contributed by atoms with Crippen molar-refractivity contribution in [2.75, 3.05) is 13.1 Å². The van der Waals surface area contributed by atoms with Gasteiger partial charge in [-0.3, -0.25) is 10.1 Å². The Kier molecular flexibility index (Phi) is 4.38. The first-order valence-electron chi connectivity index (χ1n) is 6.83.